The van der Waals surface area contributed by atoms with E-state index < -0.39 is 5.60 Å². The predicted molar refractivity (Wildman–Crippen MR) is 52.7 cm³/mol. The van der Waals surface area contributed by atoms with Gasteiger partial charge in [0, 0.05) is 5.56 Å². The summed E-state index contributed by atoms with van der Waals surface area (Å²) in [6, 6.07) is 7.60. The first-order valence-electron chi connectivity index (χ1n) is 4.05. The maximum absolute atomic E-state index is 5.28. The first-order valence-corrected chi connectivity index (χ1v) is 4.05. The van der Waals surface area contributed by atoms with Crippen LogP contribution >= 0.6 is 0 Å². The molecule has 1 rings (SSSR count). The van der Waals surface area contributed by atoms with Crippen molar-refractivity contribution < 1.29 is 4.84 Å². The normalized spacial score (nSPS) is 10.9. The maximum Gasteiger partial charge on any atom is 0.109 e. The molecule has 0 unspecified atom stereocenters. The zero-order valence-electron chi connectivity index (χ0n) is 7.87. The quantitative estimate of drug-likeness (QED) is 0.549. The fraction of sp³-hybridized carbons (Fsp3) is 0.273. The zero-order chi connectivity index (χ0) is 9.90. The van der Waals surface area contributed by atoms with Gasteiger partial charge in [-0.05, 0) is 31.5 Å². The molecular formula is C11H13NO. The molecule has 68 valence electrons. The third-order valence-corrected chi connectivity index (χ3v) is 2.02. The molecule has 2 nitrogen and oxygen atoms in total. The second-order valence-electron chi connectivity index (χ2n) is 3.35. The van der Waals surface area contributed by atoms with Crippen LogP contribution in [0.2, 0.25) is 0 Å². The van der Waals surface area contributed by atoms with E-state index in [9.17, 15) is 0 Å². The Hall–Kier alpha value is -1.30. The largest absolute Gasteiger partial charge is 0.294 e. The second kappa shape index (κ2) is 3.61. The van der Waals surface area contributed by atoms with E-state index in [1.54, 1.807) is 0 Å². The minimum atomic E-state index is -0.493. The average molecular weight is 175 g/mol. The van der Waals surface area contributed by atoms with Gasteiger partial charge >= 0.3 is 0 Å². The highest BCUT2D eigenvalue weighted by Gasteiger charge is 2.20. The highest BCUT2D eigenvalue weighted by Crippen LogP contribution is 2.23. The molecule has 0 radical (unpaired) electrons. The molecule has 0 atom stereocenters. The summed E-state index contributed by atoms with van der Waals surface area (Å²) in [5, 5.41) is 0. The van der Waals surface area contributed by atoms with Gasteiger partial charge in [0.2, 0.25) is 0 Å². The molecule has 0 saturated heterocycles. The molecule has 0 bridgehead atoms. The fourth-order valence-corrected chi connectivity index (χ4v) is 1.05. The summed E-state index contributed by atoms with van der Waals surface area (Å²) in [6.45, 7) is 3.78. The Morgan fingerprint density at radius 1 is 1.46 bits per heavy atom. The molecule has 13 heavy (non-hydrogen) atoms. The number of hydrogen-bond acceptors (Lipinski definition) is 2. The van der Waals surface area contributed by atoms with Crippen molar-refractivity contribution in [3.05, 3.63) is 35.4 Å². The summed E-state index contributed by atoms with van der Waals surface area (Å²) in [7, 11) is 0. The van der Waals surface area contributed by atoms with Gasteiger partial charge in [0.15, 0.2) is 0 Å². The molecule has 0 spiro atoms. The van der Waals surface area contributed by atoms with Crippen LogP contribution in [0.15, 0.2) is 24.3 Å². The Kier molecular flexibility index (Phi) is 2.72. The van der Waals surface area contributed by atoms with Crippen molar-refractivity contribution in [2.45, 2.75) is 19.4 Å². The van der Waals surface area contributed by atoms with E-state index in [0.29, 0.717) is 0 Å². The van der Waals surface area contributed by atoms with Gasteiger partial charge < -0.3 is 0 Å². The fourth-order valence-electron chi connectivity index (χ4n) is 1.05. The Balaban J connectivity index is 3.10. The standard InChI is InChI=1S/C11H13NO/c1-4-9-6-5-7-10(8-9)11(2,3)13-12/h1,5-8H,12H2,2-3H3. The average Bonchev–Trinajstić information content (AvgIpc) is 2.18. The first-order chi connectivity index (χ1) is 6.10. The molecule has 0 fully saturated rings. The van der Waals surface area contributed by atoms with Crippen molar-refractivity contribution in [2.24, 2.45) is 5.90 Å². The molecule has 0 aliphatic rings. The zero-order valence-corrected chi connectivity index (χ0v) is 7.87. The number of terminal acetylenes is 1. The van der Waals surface area contributed by atoms with Crippen molar-refractivity contribution in [3.8, 4) is 12.3 Å². The minimum absolute atomic E-state index is 0.493. The molecule has 0 saturated carbocycles. The van der Waals surface area contributed by atoms with Gasteiger partial charge in [-0.25, -0.2) is 5.90 Å². The summed E-state index contributed by atoms with van der Waals surface area (Å²) < 4.78 is 0. The van der Waals surface area contributed by atoms with Crippen LogP contribution < -0.4 is 5.90 Å². The molecule has 0 aliphatic heterocycles. The minimum Gasteiger partial charge on any atom is -0.294 e. The van der Waals surface area contributed by atoms with Crippen LogP contribution in [-0.2, 0) is 10.4 Å². The Morgan fingerprint density at radius 3 is 2.69 bits per heavy atom. The first kappa shape index (κ1) is 9.79. The van der Waals surface area contributed by atoms with E-state index in [4.69, 9.17) is 17.2 Å². The van der Waals surface area contributed by atoms with Crippen LogP contribution in [0.1, 0.15) is 25.0 Å². The van der Waals surface area contributed by atoms with Crippen LogP contribution in [0.5, 0.6) is 0 Å². The Bertz CT molecular complexity index is 336. The van der Waals surface area contributed by atoms with Gasteiger partial charge in [-0.1, -0.05) is 18.1 Å². The number of rotatable bonds is 2. The number of benzene rings is 1. The van der Waals surface area contributed by atoms with E-state index in [2.05, 4.69) is 5.92 Å². The van der Waals surface area contributed by atoms with Crippen LogP contribution in [0.4, 0.5) is 0 Å². The number of hydrogen-bond donors (Lipinski definition) is 1. The lowest BCUT2D eigenvalue weighted by Gasteiger charge is -2.22. The molecule has 1 aromatic carbocycles. The lowest BCUT2D eigenvalue weighted by Crippen LogP contribution is -2.25. The smallest absolute Gasteiger partial charge is 0.109 e. The Morgan fingerprint density at radius 2 is 2.15 bits per heavy atom. The predicted octanol–water partition coefficient (Wildman–Crippen LogP) is 1.79. The van der Waals surface area contributed by atoms with E-state index >= 15 is 0 Å². The molecule has 0 aliphatic carbocycles. The van der Waals surface area contributed by atoms with Crippen LogP contribution in [0.3, 0.4) is 0 Å². The summed E-state index contributed by atoms with van der Waals surface area (Å²) in [5.41, 5.74) is 1.32. The molecule has 1 aromatic rings. The Labute approximate surface area is 78.7 Å². The summed E-state index contributed by atoms with van der Waals surface area (Å²) in [6.07, 6.45) is 5.28. The van der Waals surface area contributed by atoms with Crippen molar-refractivity contribution in [1.29, 1.82) is 0 Å². The lowest BCUT2D eigenvalue weighted by molar-refractivity contribution is -0.0236. The molecule has 0 amide bonds. The van der Waals surface area contributed by atoms with Crippen molar-refractivity contribution >= 4 is 0 Å². The molecule has 2 N–H and O–H groups in total. The second-order valence-corrected chi connectivity index (χ2v) is 3.35. The van der Waals surface area contributed by atoms with E-state index in [1.165, 1.54) is 0 Å². The monoisotopic (exact) mass is 175 g/mol. The summed E-state index contributed by atoms with van der Waals surface area (Å²) in [5.74, 6) is 7.75. The molecule has 2 heteroatoms. The number of nitrogens with two attached hydrogens (primary N) is 1. The van der Waals surface area contributed by atoms with Gasteiger partial charge in [0.05, 0.1) is 0 Å². The van der Waals surface area contributed by atoms with Crippen LogP contribution in [0, 0.1) is 12.3 Å². The topological polar surface area (TPSA) is 35.2 Å². The van der Waals surface area contributed by atoms with Gasteiger partial charge in [-0.3, -0.25) is 4.84 Å². The molecule has 0 aromatic heterocycles. The molecule has 0 heterocycles. The van der Waals surface area contributed by atoms with Crippen LogP contribution in [-0.4, -0.2) is 0 Å². The lowest BCUT2D eigenvalue weighted by atomic mass is 9.97. The van der Waals surface area contributed by atoms with Crippen LogP contribution in [0.25, 0.3) is 0 Å². The SMILES string of the molecule is C#Cc1cccc(C(C)(C)ON)c1. The highest BCUT2D eigenvalue weighted by atomic mass is 16.6. The van der Waals surface area contributed by atoms with Gasteiger partial charge in [-0.2, -0.15) is 0 Å². The van der Waals surface area contributed by atoms with E-state index in [-0.39, 0.29) is 0 Å². The maximum atomic E-state index is 5.28. The van der Waals surface area contributed by atoms with Gasteiger partial charge in [0.1, 0.15) is 5.60 Å². The van der Waals surface area contributed by atoms with E-state index in [1.807, 2.05) is 38.1 Å². The third-order valence-electron chi connectivity index (χ3n) is 2.02. The molecular weight excluding hydrogens is 162 g/mol. The highest BCUT2D eigenvalue weighted by molar-refractivity contribution is 5.37. The van der Waals surface area contributed by atoms with Gasteiger partial charge in [-0.15, -0.1) is 6.42 Å². The van der Waals surface area contributed by atoms with E-state index in [0.717, 1.165) is 11.1 Å². The summed E-state index contributed by atoms with van der Waals surface area (Å²) in [4.78, 5) is 4.85. The van der Waals surface area contributed by atoms with Crippen molar-refractivity contribution in [3.63, 3.8) is 0 Å². The van der Waals surface area contributed by atoms with Crippen molar-refractivity contribution in [1.82, 2.24) is 0 Å². The third kappa shape index (κ3) is 2.09. The summed E-state index contributed by atoms with van der Waals surface area (Å²) >= 11 is 0. The van der Waals surface area contributed by atoms with Gasteiger partial charge in [0.25, 0.3) is 0 Å². The van der Waals surface area contributed by atoms with Crippen molar-refractivity contribution in [2.75, 3.05) is 0 Å².